The number of alkyl halides is 2. The third-order valence-electron chi connectivity index (χ3n) is 3.29. The minimum absolute atomic E-state index is 0.0693. The van der Waals surface area contributed by atoms with Crippen molar-refractivity contribution in [2.24, 2.45) is 5.92 Å². The Balaban J connectivity index is 1.82. The molecule has 1 aliphatic heterocycles. The quantitative estimate of drug-likeness (QED) is 0.176. The van der Waals surface area contributed by atoms with Gasteiger partial charge >= 0.3 is 127 Å². The molecule has 6 heteroatoms. The van der Waals surface area contributed by atoms with Crippen molar-refractivity contribution in [3.63, 3.8) is 0 Å². The fourth-order valence-electron chi connectivity index (χ4n) is 2.21. The molecule has 1 N–H and O–H groups in total. The van der Waals surface area contributed by atoms with Gasteiger partial charge in [0.15, 0.2) is 0 Å². The van der Waals surface area contributed by atoms with Gasteiger partial charge in [0.05, 0.1) is 0 Å². The molecule has 0 aromatic rings. The molecule has 2 rings (SSSR count). The van der Waals surface area contributed by atoms with Crippen molar-refractivity contribution >= 4 is 28.6 Å². The van der Waals surface area contributed by atoms with Gasteiger partial charge in [-0.05, 0) is 0 Å². The molecule has 0 bridgehead atoms. The van der Waals surface area contributed by atoms with E-state index in [-0.39, 0.29) is 37.7 Å². The Morgan fingerprint density at radius 2 is 2.12 bits per heavy atom. The molecule has 0 aromatic carbocycles. The third kappa shape index (κ3) is 3.66. The summed E-state index contributed by atoms with van der Waals surface area (Å²) in [6.07, 6.45) is 4.35. The predicted molar refractivity (Wildman–Crippen MR) is 68.4 cm³/mol. The molecule has 0 aromatic heterocycles. The number of rotatable bonds is 5. The average Bonchev–Trinajstić information content (AvgIpc) is 2.76. The first-order chi connectivity index (χ1) is 8.22. The predicted octanol–water partition coefficient (Wildman–Crippen LogP) is -1.53. The van der Waals surface area contributed by atoms with E-state index in [1.165, 1.54) is 17.3 Å². The van der Waals surface area contributed by atoms with Crippen LogP contribution in [0.3, 0.4) is 0 Å². The van der Waals surface area contributed by atoms with Crippen LogP contribution in [0.5, 0.6) is 0 Å². The van der Waals surface area contributed by atoms with Crippen LogP contribution < -0.4 is 25.0 Å². The fourth-order valence-corrected chi connectivity index (χ4v) is 6.27. The Kier molecular flexibility index (Phi) is 5.75. The first-order valence-corrected chi connectivity index (χ1v) is 9.78. The van der Waals surface area contributed by atoms with Crippen LogP contribution in [0.4, 0.5) is 0 Å². The fraction of sp³-hybridized carbons (Fsp3) is 0.909. The van der Waals surface area contributed by atoms with E-state index in [1.54, 1.807) is 7.11 Å². The van der Waals surface area contributed by atoms with Crippen molar-refractivity contribution < 1.29 is 35.7 Å². The van der Waals surface area contributed by atoms with E-state index in [0.717, 1.165) is 12.8 Å². The summed E-state index contributed by atoms with van der Waals surface area (Å²) in [5.74, 6) is 0.278. The van der Waals surface area contributed by atoms with E-state index < -0.39 is 0 Å². The maximum atomic E-state index is 12.0. The summed E-state index contributed by atoms with van der Waals surface area (Å²) >= 11 is 2.35. The topological polar surface area (TPSA) is 47.6 Å². The number of ether oxygens (including phenoxy) is 2. The first-order valence-electron chi connectivity index (χ1n) is 5.93. The Bertz CT molecular complexity index is 267. The standard InChI is InChI=1S/C11H18I2NO3/c1-16-11(7-4-2-3-5-7)17-10(15)9(12)8-6-13-14-8/h7-9,11,14H,2-6H2,1H3/q-1. The normalized spacial score (nSPS) is 28.9. The Morgan fingerprint density at radius 3 is 2.59 bits per heavy atom. The zero-order chi connectivity index (χ0) is 12.3. The molecule has 2 fully saturated rings. The molecule has 17 heavy (non-hydrogen) atoms. The maximum absolute atomic E-state index is 12.0. The molecule has 1 aliphatic carbocycles. The van der Waals surface area contributed by atoms with E-state index in [9.17, 15) is 4.79 Å². The van der Waals surface area contributed by atoms with Gasteiger partial charge in [0, 0.05) is 0 Å². The van der Waals surface area contributed by atoms with Crippen LogP contribution in [0, 0.1) is 5.92 Å². The van der Waals surface area contributed by atoms with Gasteiger partial charge in [-0.15, -0.1) is 0 Å². The van der Waals surface area contributed by atoms with E-state index in [4.69, 9.17) is 9.47 Å². The van der Waals surface area contributed by atoms with Crippen molar-refractivity contribution in [2.75, 3.05) is 11.5 Å². The summed E-state index contributed by atoms with van der Waals surface area (Å²) in [6.45, 7) is 0. The minimum atomic E-state index is -0.336. The van der Waals surface area contributed by atoms with E-state index in [0.29, 0.717) is 12.0 Å². The molecular formula is C11H18I2NO3-. The first kappa shape index (κ1) is 14.3. The van der Waals surface area contributed by atoms with Crippen LogP contribution in [0.2, 0.25) is 0 Å². The summed E-state index contributed by atoms with van der Waals surface area (Å²) in [5, 5.41) is 0. The number of hydrogen-bond donors (Lipinski definition) is 1. The number of methoxy groups -OCH3 is 1. The number of nitrogens with one attached hydrogen (secondary N) is 1. The molecule has 3 atom stereocenters. The van der Waals surface area contributed by atoms with E-state index >= 15 is 0 Å². The second kappa shape index (κ2) is 6.85. The summed E-state index contributed by atoms with van der Waals surface area (Å²) < 4.78 is 15.3. The van der Waals surface area contributed by atoms with Gasteiger partial charge in [-0.3, -0.25) is 0 Å². The van der Waals surface area contributed by atoms with Crippen molar-refractivity contribution in [3.05, 3.63) is 0 Å². The number of halogens is 2. The molecule has 2 aliphatic rings. The van der Waals surface area contributed by atoms with Crippen LogP contribution in [0.25, 0.3) is 0 Å². The summed E-state index contributed by atoms with van der Waals surface area (Å²) in [6, 6.07) is 0.331. The SMILES string of the molecule is COC(OC(=O)C(I)C1C[I-]N1)C1CCCC1. The number of carbonyl (C=O) groups is 1. The number of carbonyl (C=O) groups excluding carboxylic acids is 1. The van der Waals surface area contributed by atoms with Crippen LogP contribution in [-0.4, -0.2) is 33.8 Å². The monoisotopic (exact) mass is 466 g/mol. The summed E-state index contributed by atoms with van der Waals surface area (Å²) in [5.41, 5.74) is 0. The Morgan fingerprint density at radius 1 is 1.47 bits per heavy atom. The number of hydrogen-bond acceptors (Lipinski definition) is 4. The second-order valence-electron chi connectivity index (χ2n) is 4.49. The molecular weight excluding hydrogens is 448 g/mol. The van der Waals surface area contributed by atoms with Crippen LogP contribution >= 0.6 is 22.6 Å². The number of esters is 1. The van der Waals surface area contributed by atoms with Gasteiger partial charge in [-0.2, -0.15) is 0 Å². The Labute approximate surface area is 126 Å². The molecule has 0 radical (unpaired) electrons. The summed E-state index contributed by atoms with van der Waals surface area (Å²) in [7, 11) is 1.63. The van der Waals surface area contributed by atoms with Crippen molar-refractivity contribution in [1.82, 2.24) is 3.53 Å². The molecule has 1 saturated heterocycles. The molecule has 1 saturated carbocycles. The Hall–Kier alpha value is 0.850. The van der Waals surface area contributed by atoms with Gasteiger partial charge in [0.25, 0.3) is 0 Å². The van der Waals surface area contributed by atoms with Gasteiger partial charge in [0.1, 0.15) is 0 Å². The molecule has 100 valence electrons. The van der Waals surface area contributed by atoms with Crippen molar-refractivity contribution in [3.8, 4) is 0 Å². The van der Waals surface area contributed by atoms with Crippen LogP contribution in [0.15, 0.2) is 0 Å². The second-order valence-corrected chi connectivity index (χ2v) is 8.10. The van der Waals surface area contributed by atoms with Crippen molar-refractivity contribution in [2.45, 2.75) is 41.9 Å². The van der Waals surface area contributed by atoms with E-state index in [1.807, 2.05) is 0 Å². The molecule has 1 heterocycles. The van der Waals surface area contributed by atoms with Crippen LogP contribution in [0.1, 0.15) is 25.7 Å². The molecule has 0 amide bonds. The van der Waals surface area contributed by atoms with Gasteiger partial charge in [-0.1, -0.05) is 0 Å². The van der Waals surface area contributed by atoms with Crippen LogP contribution in [-0.2, 0) is 14.3 Å². The zero-order valence-corrected chi connectivity index (χ0v) is 14.1. The van der Waals surface area contributed by atoms with E-state index in [2.05, 4.69) is 26.1 Å². The summed E-state index contributed by atoms with van der Waals surface area (Å²) in [4.78, 5) is 12.0. The van der Waals surface area contributed by atoms with Gasteiger partial charge < -0.3 is 0 Å². The zero-order valence-electron chi connectivity index (χ0n) is 9.83. The third-order valence-corrected chi connectivity index (χ3v) is 7.29. The van der Waals surface area contributed by atoms with Gasteiger partial charge in [0.2, 0.25) is 0 Å². The molecule has 0 spiro atoms. The molecule has 3 unspecified atom stereocenters. The average molecular weight is 466 g/mol. The van der Waals surface area contributed by atoms with Gasteiger partial charge in [-0.25, -0.2) is 0 Å². The molecule has 4 nitrogen and oxygen atoms in total. The van der Waals surface area contributed by atoms with Crippen molar-refractivity contribution in [1.29, 1.82) is 0 Å².